The van der Waals surface area contributed by atoms with Crippen LogP contribution in [0.3, 0.4) is 0 Å². The van der Waals surface area contributed by atoms with E-state index >= 15 is 0 Å². The van der Waals surface area contributed by atoms with Gasteiger partial charge in [-0.3, -0.25) is 4.79 Å². The lowest BCUT2D eigenvalue weighted by atomic mass is 10.2. The maximum Gasteiger partial charge on any atom is 0.277 e. The SMILES string of the molecule is CCOP(=O)([O-])CCCOc1ccc2c(c1)n(CC)c(CNC(=O)c1nc(Cl)c(N)nc1N)[n+]2CCCC#N. The van der Waals surface area contributed by atoms with E-state index in [2.05, 4.69) is 21.4 Å². The molecular formula is C24H32ClN8O5P. The first-order valence-corrected chi connectivity index (χ1v) is 14.6. The van der Waals surface area contributed by atoms with Gasteiger partial charge in [0.15, 0.2) is 33.5 Å². The van der Waals surface area contributed by atoms with Crippen molar-refractivity contribution in [1.82, 2.24) is 19.9 Å². The van der Waals surface area contributed by atoms with Gasteiger partial charge in [0.05, 0.1) is 32.4 Å². The lowest BCUT2D eigenvalue weighted by Gasteiger charge is -2.22. The number of ether oxygens (including phenoxy) is 1. The van der Waals surface area contributed by atoms with Gasteiger partial charge in [0, 0.05) is 18.6 Å². The number of hydrogen-bond acceptors (Lipinski definition) is 10. The molecule has 0 spiro atoms. The molecule has 0 bridgehead atoms. The molecule has 0 saturated carbocycles. The number of halogens is 1. The Kier molecular flexibility index (Phi) is 10.5. The van der Waals surface area contributed by atoms with Gasteiger partial charge in [0.1, 0.15) is 19.9 Å². The number of imidazole rings is 1. The fourth-order valence-electron chi connectivity index (χ4n) is 4.13. The number of carbonyl (C=O) groups excluding carboxylic acids is 1. The minimum atomic E-state index is -3.85. The number of nitriles is 1. The van der Waals surface area contributed by atoms with Crippen molar-refractivity contribution in [3.05, 3.63) is 34.9 Å². The molecule has 3 rings (SSSR count). The van der Waals surface area contributed by atoms with Crippen molar-refractivity contribution in [2.24, 2.45) is 0 Å². The molecule has 0 aliphatic carbocycles. The number of unbranched alkanes of at least 4 members (excludes halogenated alkanes) is 1. The summed E-state index contributed by atoms with van der Waals surface area (Å²) in [5, 5.41) is 11.7. The third kappa shape index (κ3) is 7.58. The van der Waals surface area contributed by atoms with Gasteiger partial charge in [-0.2, -0.15) is 5.26 Å². The Hall–Kier alpha value is -3.43. The molecule has 13 nitrogen and oxygen atoms in total. The Balaban J connectivity index is 1.85. The lowest BCUT2D eigenvalue weighted by molar-refractivity contribution is -0.680. The number of aryl methyl sites for hydroxylation is 2. The highest BCUT2D eigenvalue weighted by Crippen LogP contribution is 2.37. The van der Waals surface area contributed by atoms with Crippen molar-refractivity contribution in [2.45, 2.75) is 52.7 Å². The van der Waals surface area contributed by atoms with Crippen molar-refractivity contribution < 1.29 is 28.1 Å². The highest BCUT2D eigenvalue weighted by molar-refractivity contribution is 7.51. The summed E-state index contributed by atoms with van der Waals surface area (Å²) >= 11 is 5.92. The van der Waals surface area contributed by atoms with Gasteiger partial charge in [-0.05, 0) is 38.8 Å². The van der Waals surface area contributed by atoms with Crippen LogP contribution >= 0.6 is 19.2 Å². The van der Waals surface area contributed by atoms with Crippen molar-refractivity contribution >= 4 is 47.8 Å². The number of nitrogens with one attached hydrogen (secondary N) is 1. The molecule has 0 saturated heterocycles. The van der Waals surface area contributed by atoms with E-state index in [4.69, 9.17) is 37.6 Å². The Bertz CT molecular complexity index is 1420. The minimum absolute atomic E-state index is 0.0680. The molecule has 0 aliphatic heterocycles. The number of rotatable bonds is 14. The number of fused-ring (bicyclic) bond motifs is 1. The zero-order chi connectivity index (χ0) is 28.6. The number of nitrogen functional groups attached to an aromatic ring is 2. The second-order valence-electron chi connectivity index (χ2n) is 8.49. The van der Waals surface area contributed by atoms with Crippen LogP contribution in [0.25, 0.3) is 11.0 Å². The number of carbonyl (C=O) groups is 1. The van der Waals surface area contributed by atoms with Crippen LogP contribution in [0.1, 0.15) is 49.4 Å². The molecule has 3 aromatic rings. The maximum absolute atomic E-state index is 12.9. The summed E-state index contributed by atoms with van der Waals surface area (Å²) in [6.07, 6.45) is 1.18. The molecule has 0 aliphatic rings. The Morgan fingerprint density at radius 3 is 2.74 bits per heavy atom. The van der Waals surface area contributed by atoms with Crippen LogP contribution in [0.5, 0.6) is 5.75 Å². The van der Waals surface area contributed by atoms with Crippen LogP contribution in [-0.2, 0) is 28.7 Å². The van der Waals surface area contributed by atoms with Gasteiger partial charge in [-0.25, -0.2) is 19.1 Å². The topological polar surface area (TPSA) is 198 Å². The number of nitrogens with two attached hydrogens (primary N) is 2. The van der Waals surface area contributed by atoms with Gasteiger partial charge in [0.2, 0.25) is 0 Å². The van der Waals surface area contributed by atoms with E-state index in [1.54, 1.807) is 13.0 Å². The van der Waals surface area contributed by atoms with Gasteiger partial charge >= 0.3 is 0 Å². The molecule has 1 unspecified atom stereocenters. The monoisotopic (exact) mass is 578 g/mol. The smallest absolute Gasteiger partial charge is 0.277 e. The number of anilines is 2. The summed E-state index contributed by atoms with van der Waals surface area (Å²) in [5.41, 5.74) is 13.0. The van der Waals surface area contributed by atoms with Gasteiger partial charge in [-0.1, -0.05) is 11.6 Å². The average Bonchev–Trinajstić information content (AvgIpc) is 3.19. The van der Waals surface area contributed by atoms with Crippen molar-refractivity contribution in [1.29, 1.82) is 5.26 Å². The summed E-state index contributed by atoms with van der Waals surface area (Å²) < 4.78 is 26.4. The van der Waals surface area contributed by atoms with Crippen LogP contribution in [0.4, 0.5) is 11.6 Å². The average molecular weight is 579 g/mol. The number of nitrogens with zero attached hydrogens (tertiary/aromatic N) is 5. The van der Waals surface area contributed by atoms with Crippen LogP contribution in [0.2, 0.25) is 5.15 Å². The Morgan fingerprint density at radius 1 is 1.28 bits per heavy atom. The number of aromatic nitrogens is 4. The van der Waals surface area contributed by atoms with Crippen LogP contribution in [0.15, 0.2) is 18.2 Å². The number of benzene rings is 1. The molecule has 39 heavy (non-hydrogen) atoms. The van der Waals surface area contributed by atoms with E-state index in [0.29, 0.717) is 38.1 Å². The first-order valence-electron chi connectivity index (χ1n) is 12.5. The Morgan fingerprint density at radius 2 is 2.05 bits per heavy atom. The molecule has 0 fully saturated rings. The molecule has 1 amide bonds. The molecule has 2 heterocycles. The quantitative estimate of drug-likeness (QED) is 0.145. The van der Waals surface area contributed by atoms with E-state index in [0.717, 1.165) is 16.9 Å². The van der Waals surface area contributed by atoms with Crippen LogP contribution in [0, 0.1) is 11.3 Å². The summed E-state index contributed by atoms with van der Waals surface area (Å²) in [5.74, 6) is 0.592. The van der Waals surface area contributed by atoms with Crippen molar-refractivity contribution in [3.63, 3.8) is 0 Å². The number of amides is 1. The van der Waals surface area contributed by atoms with Crippen molar-refractivity contribution in [3.8, 4) is 11.8 Å². The van der Waals surface area contributed by atoms with E-state index in [1.807, 2.05) is 28.2 Å². The lowest BCUT2D eigenvalue weighted by Crippen LogP contribution is -2.41. The second kappa shape index (κ2) is 13.6. The fraction of sp³-hybridized carbons (Fsp3) is 0.458. The molecule has 2 aromatic heterocycles. The molecule has 5 N–H and O–H groups in total. The van der Waals surface area contributed by atoms with Gasteiger partial charge in [0.25, 0.3) is 11.7 Å². The molecule has 1 atom stereocenters. The van der Waals surface area contributed by atoms with E-state index in [-0.39, 0.29) is 48.4 Å². The summed E-state index contributed by atoms with van der Waals surface area (Å²) in [6, 6.07) is 7.73. The predicted octanol–water partition coefficient (Wildman–Crippen LogP) is 2.15. The van der Waals surface area contributed by atoms with Gasteiger partial charge in [-0.15, -0.1) is 0 Å². The summed E-state index contributed by atoms with van der Waals surface area (Å²) in [7, 11) is -3.85. The zero-order valence-corrected chi connectivity index (χ0v) is 23.5. The molecule has 210 valence electrons. The molecule has 15 heteroatoms. The maximum atomic E-state index is 12.9. The van der Waals surface area contributed by atoms with Crippen LogP contribution in [-0.4, -0.2) is 39.8 Å². The third-order valence-corrected chi connectivity index (χ3v) is 7.63. The fourth-order valence-corrected chi connectivity index (χ4v) is 5.30. The number of hydrogen-bond donors (Lipinski definition) is 3. The largest absolute Gasteiger partial charge is 0.778 e. The van der Waals surface area contributed by atoms with E-state index in [1.165, 1.54) is 0 Å². The second-order valence-corrected chi connectivity index (χ2v) is 10.8. The zero-order valence-electron chi connectivity index (χ0n) is 21.9. The molecular weight excluding hydrogens is 547 g/mol. The Labute approximate surface area is 231 Å². The summed E-state index contributed by atoms with van der Waals surface area (Å²) in [4.78, 5) is 32.5. The first-order chi connectivity index (χ1) is 18.6. The molecule has 1 aromatic carbocycles. The predicted molar refractivity (Wildman–Crippen MR) is 144 cm³/mol. The van der Waals surface area contributed by atoms with Crippen LogP contribution < -0.4 is 31.0 Å². The van der Waals surface area contributed by atoms with Gasteiger partial charge < -0.3 is 35.5 Å². The van der Waals surface area contributed by atoms with E-state index in [9.17, 15) is 14.3 Å². The third-order valence-electron chi connectivity index (χ3n) is 5.84. The first kappa shape index (κ1) is 30.1. The summed E-state index contributed by atoms with van der Waals surface area (Å²) in [6.45, 7) is 5.17. The highest BCUT2D eigenvalue weighted by Gasteiger charge is 2.26. The standard InChI is InChI=1S/C24H32ClN8O5P/c1-3-32-18-14-16(37-12-7-13-39(35,36)38-4-2)8-9-17(18)33(11-6-5-10-26)19(32)15-29-24(34)20-22(27)31-23(28)21(25)30-20/h8-9,14H,3-7,11-13,15H2,1-2H3,(H5-,27,28,29,31,34,35,36). The molecule has 0 radical (unpaired) electrons. The highest BCUT2D eigenvalue weighted by atomic mass is 35.5. The van der Waals surface area contributed by atoms with Crippen molar-refractivity contribution in [2.75, 3.05) is 30.8 Å². The van der Waals surface area contributed by atoms with E-state index < -0.39 is 13.5 Å². The normalized spacial score (nSPS) is 12.7. The minimum Gasteiger partial charge on any atom is -0.778 e.